The molecule has 0 saturated heterocycles. The van der Waals surface area contributed by atoms with E-state index in [9.17, 15) is 29.8 Å². The van der Waals surface area contributed by atoms with Crippen LogP contribution < -0.4 is 5.32 Å². The fourth-order valence-corrected chi connectivity index (χ4v) is 2.53. The Morgan fingerprint density at radius 1 is 1.07 bits per heavy atom. The molecule has 1 atom stereocenters. The Morgan fingerprint density at radius 2 is 1.59 bits per heavy atom. The van der Waals surface area contributed by atoms with Crippen molar-refractivity contribution in [3.05, 3.63) is 73.3 Å². The van der Waals surface area contributed by atoms with Gasteiger partial charge in [0, 0.05) is 17.8 Å². The van der Waals surface area contributed by atoms with Crippen LogP contribution in [0, 0.1) is 27.2 Å². The van der Waals surface area contributed by atoms with Crippen molar-refractivity contribution in [2.75, 3.05) is 5.32 Å². The summed E-state index contributed by atoms with van der Waals surface area (Å²) in [6.45, 7) is 4.53. The number of nitrogens with one attached hydrogen (secondary N) is 1. The predicted octanol–water partition coefficient (Wildman–Crippen LogP) is 3.56. The summed E-state index contributed by atoms with van der Waals surface area (Å²) in [6, 6.07) is 8.88. The van der Waals surface area contributed by atoms with Crippen LogP contribution >= 0.6 is 0 Å². The van der Waals surface area contributed by atoms with Crippen molar-refractivity contribution >= 4 is 28.9 Å². The van der Waals surface area contributed by atoms with Crippen molar-refractivity contribution < 1.29 is 24.2 Å². The number of amides is 1. The maximum atomic E-state index is 12.3. The minimum atomic E-state index is -1.23. The Kier molecular flexibility index (Phi) is 6.60. The minimum absolute atomic E-state index is 0.183. The van der Waals surface area contributed by atoms with Gasteiger partial charge in [-0.05, 0) is 38.0 Å². The number of carbonyl (C=O) groups excluding carboxylic acids is 2. The molecule has 2 aromatic carbocycles. The second kappa shape index (κ2) is 8.91. The number of rotatable bonds is 7. The fraction of sp³-hybridized carbons (Fsp3) is 0.263. The molecule has 10 heteroatoms. The Hall–Kier alpha value is -3.82. The average Bonchev–Trinajstić information content (AvgIpc) is 2.68. The molecule has 0 spiro atoms. The Balaban J connectivity index is 2.16. The quantitative estimate of drug-likeness (QED) is 0.424. The molecule has 2 aromatic rings. The summed E-state index contributed by atoms with van der Waals surface area (Å²) in [5.41, 5.74) is -0.140. The summed E-state index contributed by atoms with van der Waals surface area (Å²) < 4.78 is 5.03. The highest BCUT2D eigenvalue weighted by Gasteiger charge is 2.27. The lowest BCUT2D eigenvalue weighted by Crippen LogP contribution is -2.30. The minimum Gasteiger partial charge on any atom is -0.449 e. The van der Waals surface area contributed by atoms with Gasteiger partial charge in [-0.2, -0.15) is 0 Å². The number of hydrogen-bond donors (Lipinski definition) is 1. The highest BCUT2D eigenvalue weighted by atomic mass is 16.6. The van der Waals surface area contributed by atoms with Crippen molar-refractivity contribution in [2.24, 2.45) is 0 Å². The van der Waals surface area contributed by atoms with Gasteiger partial charge in [-0.25, -0.2) is 4.79 Å². The van der Waals surface area contributed by atoms with Crippen LogP contribution in [0.25, 0.3) is 0 Å². The third kappa shape index (κ3) is 5.12. The van der Waals surface area contributed by atoms with Gasteiger partial charge in [0.2, 0.25) is 0 Å². The molecule has 0 aliphatic rings. The first kappa shape index (κ1) is 21.5. The van der Waals surface area contributed by atoms with Crippen molar-refractivity contribution in [1.82, 2.24) is 0 Å². The first-order valence-corrected chi connectivity index (χ1v) is 8.68. The molecular formula is C19H19N3O7. The van der Waals surface area contributed by atoms with E-state index in [1.165, 1.54) is 13.8 Å². The van der Waals surface area contributed by atoms with Gasteiger partial charge in [0.15, 0.2) is 6.10 Å². The standard InChI is InChI=1S/C19H19N3O7/c1-4-13-5-7-15(8-6-13)20-18(23)12(3)29-19(24)14-9-16(21(25)26)11(2)17(10-14)22(27)28/h5-10,12H,4H2,1-3H3,(H,20,23)/t12-/m1/s1. The SMILES string of the molecule is CCc1ccc(NC(=O)[C@@H](C)OC(=O)c2cc([N+](=O)[O-])c(C)c([N+](=O)[O-])c2)cc1. The van der Waals surface area contributed by atoms with E-state index in [1.54, 1.807) is 12.1 Å². The predicted molar refractivity (Wildman–Crippen MR) is 104 cm³/mol. The van der Waals surface area contributed by atoms with E-state index >= 15 is 0 Å². The number of esters is 1. The number of nitro benzene ring substituents is 2. The highest BCUT2D eigenvalue weighted by molar-refractivity contribution is 5.98. The lowest BCUT2D eigenvalue weighted by molar-refractivity contribution is -0.395. The van der Waals surface area contributed by atoms with Gasteiger partial charge in [0.1, 0.15) is 5.56 Å². The molecule has 0 radical (unpaired) electrons. The molecule has 1 amide bonds. The Bertz CT molecular complexity index is 935. The molecule has 0 heterocycles. The summed E-state index contributed by atoms with van der Waals surface area (Å²) in [4.78, 5) is 45.1. The second-order valence-electron chi connectivity index (χ2n) is 6.24. The van der Waals surface area contributed by atoms with E-state index in [-0.39, 0.29) is 11.1 Å². The zero-order valence-corrected chi connectivity index (χ0v) is 16.0. The maximum absolute atomic E-state index is 12.3. The summed E-state index contributed by atoms with van der Waals surface area (Å²) in [7, 11) is 0. The summed E-state index contributed by atoms with van der Waals surface area (Å²) in [6.07, 6.45) is -0.385. The molecule has 29 heavy (non-hydrogen) atoms. The van der Waals surface area contributed by atoms with Crippen LogP contribution in [0.3, 0.4) is 0 Å². The summed E-state index contributed by atoms with van der Waals surface area (Å²) in [5.74, 6) is -1.70. The van der Waals surface area contributed by atoms with Gasteiger partial charge < -0.3 is 10.1 Å². The largest absolute Gasteiger partial charge is 0.449 e. The molecule has 1 N–H and O–H groups in total. The number of nitro groups is 2. The zero-order chi connectivity index (χ0) is 21.7. The van der Waals surface area contributed by atoms with Crippen LogP contribution in [0.4, 0.5) is 17.1 Å². The smallest absolute Gasteiger partial charge is 0.339 e. The van der Waals surface area contributed by atoms with E-state index < -0.39 is 39.2 Å². The number of nitrogens with zero attached hydrogens (tertiary/aromatic N) is 2. The molecule has 10 nitrogen and oxygen atoms in total. The topological polar surface area (TPSA) is 142 Å². The van der Waals surface area contributed by atoms with Crippen LogP contribution in [0.15, 0.2) is 36.4 Å². The van der Waals surface area contributed by atoms with Gasteiger partial charge >= 0.3 is 5.97 Å². The lowest BCUT2D eigenvalue weighted by Gasteiger charge is -2.14. The molecule has 0 saturated carbocycles. The van der Waals surface area contributed by atoms with Crippen LogP contribution in [0.2, 0.25) is 0 Å². The third-order valence-electron chi connectivity index (χ3n) is 4.26. The molecule has 2 rings (SSSR count). The molecule has 0 fully saturated rings. The average molecular weight is 401 g/mol. The second-order valence-corrected chi connectivity index (χ2v) is 6.24. The van der Waals surface area contributed by atoms with Crippen LogP contribution in [-0.4, -0.2) is 27.8 Å². The normalized spacial score (nSPS) is 11.4. The molecular weight excluding hydrogens is 382 g/mol. The summed E-state index contributed by atoms with van der Waals surface area (Å²) >= 11 is 0. The van der Waals surface area contributed by atoms with Gasteiger partial charge in [0.05, 0.1) is 15.4 Å². The number of aryl methyl sites for hydroxylation is 1. The third-order valence-corrected chi connectivity index (χ3v) is 4.26. The number of anilines is 1. The summed E-state index contributed by atoms with van der Waals surface area (Å²) in [5, 5.41) is 24.8. The molecule has 0 aliphatic carbocycles. The van der Waals surface area contributed by atoms with E-state index in [0.717, 1.165) is 24.1 Å². The number of ether oxygens (including phenoxy) is 1. The monoisotopic (exact) mass is 401 g/mol. The van der Waals surface area contributed by atoms with Crippen molar-refractivity contribution in [2.45, 2.75) is 33.3 Å². The van der Waals surface area contributed by atoms with E-state index in [1.807, 2.05) is 19.1 Å². The lowest BCUT2D eigenvalue weighted by atomic mass is 10.1. The molecule has 0 bridgehead atoms. The van der Waals surface area contributed by atoms with Crippen LogP contribution in [-0.2, 0) is 16.0 Å². The Labute approximate surface area is 165 Å². The fourth-order valence-electron chi connectivity index (χ4n) is 2.53. The highest BCUT2D eigenvalue weighted by Crippen LogP contribution is 2.29. The Morgan fingerprint density at radius 3 is 2.03 bits per heavy atom. The van der Waals surface area contributed by atoms with E-state index in [4.69, 9.17) is 4.74 Å². The zero-order valence-electron chi connectivity index (χ0n) is 16.0. The van der Waals surface area contributed by atoms with E-state index in [0.29, 0.717) is 5.69 Å². The van der Waals surface area contributed by atoms with Gasteiger partial charge in [-0.3, -0.25) is 25.0 Å². The molecule has 0 unspecified atom stereocenters. The first-order chi connectivity index (χ1) is 13.6. The number of carbonyl (C=O) groups is 2. The number of hydrogen-bond acceptors (Lipinski definition) is 7. The number of benzene rings is 2. The van der Waals surface area contributed by atoms with Crippen LogP contribution in [0.5, 0.6) is 0 Å². The van der Waals surface area contributed by atoms with Crippen LogP contribution in [0.1, 0.15) is 35.3 Å². The van der Waals surface area contributed by atoms with Crippen molar-refractivity contribution in [1.29, 1.82) is 0 Å². The molecule has 152 valence electrons. The maximum Gasteiger partial charge on any atom is 0.339 e. The molecule has 0 aromatic heterocycles. The first-order valence-electron chi connectivity index (χ1n) is 8.68. The van der Waals surface area contributed by atoms with Crippen molar-refractivity contribution in [3.8, 4) is 0 Å². The van der Waals surface area contributed by atoms with Gasteiger partial charge in [-0.1, -0.05) is 19.1 Å². The van der Waals surface area contributed by atoms with Gasteiger partial charge in [0.25, 0.3) is 17.3 Å². The van der Waals surface area contributed by atoms with E-state index in [2.05, 4.69) is 5.32 Å². The molecule has 0 aliphatic heterocycles. The van der Waals surface area contributed by atoms with Crippen molar-refractivity contribution in [3.63, 3.8) is 0 Å². The van der Waals surface area contributed by atoms with Gasteiger partial charge in [-0.15, -0.1) is 0 Å².